The number of pyridine rings is 1. The third-order valence-electron chi connectivity index (χ3n) is 4.11. The maximum absolute atomic E-state index is 8.99. The van der Waals surface area contributed by atoms with E-state index in [0.717, 1.165) is 19.5 Å². The van der Waals surface area contributed by atoms with Crippen molar-refractivity contribution in [1.82, 2.24) is 10.3 Å². The number of rotatable bonds is 6. The summed E-state index contributed by atoms with van der Waals surface area (Å²) in [5.74, 6) is 2.44. The maximum atomic E-state index is 8.99. The predicted molar refractivity (Wildman–Crippen MR) is 93.1 cm³/mol. The number of nitrogens with one attached hydrogen (secondary N) is 1. The maximum Gasteiger partial charge on any atom is 0.262 e. The number of benzene rings is 1. The van der Waals surface area contributed by atoms with Crippen LogP contribution in [0.25, 0.3) is 0 Å². The Morgan fingerprint density at radius 1 is 1.28 bits per heavy atom. The minimum atomic E-state index is 0.384. The second-order valence-electron chi connectivity index (χ2n) is 5.91. The summed E-state index contributed by atoms with van der Waals surface area (Å²) >= 11 is 0. The van der Waals surface area contributed by atoms with Crippen molar-refractivity contribution in [2.45, 2.75) is 12.8 Å². The molecule has 2 aromatic rings. The van der Waals surface area contributed by atoms with Crippen LogP contribution in [0.4, 0.5) is 0 Å². The van der Waals surface area contributed by atoms with E-state index in [-0.39, 0.29) is 0 Å². The normalized spacial score (nSPS) is 16.7. The molecule has 1 N–H and O–H groups in total. The van der Waals surface area contributed by atoms with Crippen LogP contribution in [0.5, 0.6) is 23.1 Å². The van der Waals surface area contributed by atoms with Crippen molar-refractivity contribution in [3.8, 4) is 29.2 Å². The highest BCUT2D eigenvalue weighted by atomic mass is 16.5. The average molecular weight is 339 g/mol. The summed E-state index contributed by atoms with van der Waals surface area (Å²) in [4.78, 5) is 4.27. The van der Waals surface area contributed by atoms with Crippen LogP contribution in [0.15, 0.2) is 36.5 Å². The van der Waals surface area contributed by atoms with Gasteiger partial charge in [0.2, 0.25) is 0 Å². The summed E-state index contributed by atoms with van der Waals surface area (Å²) in [6.07, 6.45) is 3.99. The minimum Gasteiger partial charge on any atom is -0.493 e. The molecule has 3 rings (SSSR count). The Kier molecular flexibility index (Phi) is 5.70. The van der Waals surface area contributed by atoms with Crippen LogP contribution in [-0.2, 0) is 0 Å². The first kappa shape index (κ1) is 17.1. The van der Waals surface area contributed by atoms with Gasteiger partial charge in [-0.15, -0.1) is 0 Å². The second kappa shape index (κ2) is 8.36. The molecular weight excluding hydrogens is 318 g/mol. The molecule has 1 aliphatic heterocycles. The molecule has 1 aromatic carbocycles. The lowest BCUT2D eigenvalue weighted by molar-refractivity contribution is 0.211. The van der Waals surface area contributed by atoms with Crippen LogP contribution in [0.1, 0.15) is 18.4 Å². The van der Waals surface area contributed by atoms with Gasteiger partial charge in [-0.25, -0.2) is 4.98 Å². The molecule has 1 atom stereocenters. The number of methoxy groups -OCH3 is 1. The summed E-state index contributed by atoms with van der Waals surface area (Å²) in [6, 6.07) is 10.7. The summed E-state index contributed by atoms with van der Waals surface area (Å²) in [7, 11) is 1.54. The molecule has 0 bridgehead atoms. The summed E-state index contributed by atoms with van der Waals surface area (Å²) < 4.78 is 17.1. The van der Waals surface area contributed by atoms with Gasteiger partial charge < -0.3 is 19.5 Å². The molecule has 0 radical (unpaired) electrons. The molecule has 6 nitrogen and oxygen atoms in total. The zero-order valence-electron chi connectivity index (χ0n) is 14.2. The van der Waals surface area contributed by atoms with E-state index >= 15 is 0 Å². The second-order valence-corrected chi connectivity index (χ2v) is 5.91. The van der Waals surface area contributed by atoms with Gasteiger partial charge in [0, 0.05) is 24.7 Å². The van der Waals surface area contributed by atoms with Crippen LogP contribution < -0.4 is 19.5 Å². The third kappa shape index (κ3) is 4.40. The topological polar surface area (TPSA) is 76.4 Å². The van der Waals surface area contributed by atoms with E-state index in [1.165, 1.54) is 13.5 Å². The standard InChI is InChI=1S/C19H21N3O3/c1-23-18-10-14(11-20)6-7-16(18)25-19-17(5-3-9-22-19)24-13-15-4-2-8-21-12-15/h3,5-7,9-10,15,21H,2,4,8,12-13H2,1H3/t15-/m0/s1. The number of aromatic nitrogens is 1. The quantitative estimate of drug-likeness (QED) is 0.871. The van der Waals surface area contributed by atoms with E-state index in [1.54, 1.807) is 24.4 Å². The van der Waals surface area contributed by atoms with Gasteiger partial charge in [0.25, 0.3) is 5.88 Å². The molecule has 130 valence electrons. The van der Waals surface area contributed by atoms with Crippen molar-refractivity contribution >= 4 is 0 Å². The lowest BCUT2D eigenvalue weighted by Crippen LogP contribution is -2.33. The van der Waals surface area contributed by atoms with Crippen molar-refractivity contribution in [2.75, 3.05) is 26.8 Å². The number of hydrogen-bond acceptors (Lipinski definition) is 6. The van der Waals surface area contributed by atoms with Crippen LogP contribution in [0.3, 0.4) is 0 Å². The fourth-order valence-corrected chi connectivity index (χ4v) is 2.76. The minimum absolute atomic E-state index is 0.384. The molecule has 2 heterocycles. The zero-order chi connectivity index (χ0) is 17.5. The summed E-state index contributed by atoms with van der Waals surface area (Å²) in [6.45, 7) is 2.68. The largest absolute Gasteiger partial charge is 0.493 e. The lowest BCUT2D eigenvalue weighted by atomic mass is 10.0. The molecule has 6 heteroatoms. The highest BCUT2D eigenvalue weighted by molar-refractivity contribution is 5.49. The van der Waals surface area contributed by atoms with Gasteiger partial charge >= 0.3 is 0 Å². The number of ether oxygens (including phenoxy) is 3. The van der Waals surface area contributed by atoms with Crippen molar-refractivity contribution < 1.29 is 14.2 Å². The summed E-state index contributed by atoms with van der Waals surface area (Å²) in [5, 5.41) is 12.4. The molecule has 1 fully saturated rings. The fraction of sp³-hybridized carbons (Fsp3) is 0.368. The fourth-order valence-electron chi connectivity index (χ4n) is 2.76. The van der Waals surface area contributed by atoms with Crippen LogP contribution in [0.2, 0.25) is 0 Å². The van der Waals surface area contributed by atoms with Gasteiger partial charge in [0.15, 0.2) is 17.2 Å². The van der Waals surface area contributed by atoms with Crippen LogP contribution in [-0.4, -0.2) is 31.8 Å². The number of nitrogens with zero attached hydrogens (tertiary/aromatic N) is 2. The Hall–Kier alpha value is -2.78. The molecule has 1 saturated heterocycles. The number of piperidine rings is 1. The lowest BCUT2D eigenvalue weighted by Gasteiger charge is -2.23. The van der Waals surface area contributed by atoms with E-state index in [2.05, 4.69) is 16.4 Å². The molecule has 0 unspecified atom stereocenters. The highest BCUT2D eigenvalue weighted by Crippen LogP contribution is 2.35. The SMILES string of the molecule is COc1cc(C#N)ccc1Oc1ncccc1OC[C@H]1CCCNC1. The molecule has 0 spiro atoms. The Balaban J connectivity index is 1.73. The van der Waals surface area contributed by atoms with Gasteiger partial charge in [-0.2, -0.15) is 5.26 Å². The molecular formula is C19H21N3O3. The first-order valence-electron chi connectivity index (χ1n) is 8.34. The van der Waals surface area contributed by atoms with E-state index in [9.17, 15) is 0 Å². The Morgan fingerprint density at radius 3 is 2.96 bits per heavy atom. The first-order chi connectivity index (χ1) is 12.3. The van der Waals surface area contributed by atoms with Crippen LogP contribution >= 0.6 is 0 Å². The Morgan fingerprint density at radius 2 is 2.20 bits per heavy atom. The van der Waals surface area contributed by atoms with E-state index < -0.39 is 0 Å². The van der Waals surface area contributed by atoms with Gasteiger partial charge in [0.1, 0.15) is 0 Å². The van der Waals surface area contributed by atoms with Crippen LogP contribution in [0, 0.1) is 17.2 Å². The Labute approximate surface area is 147 Å². The number of nitriles is 1. The monoisotopic (exact) mass is 339 g/mol. The first-order valence-corrected chi connectivity index (χ1v) is 8.34. The molecule has 0 amide bonds. The van der Waals surface area contributed by atoms with Gasteiger partial charge in [-0.05, 0) is 43.7 Å². The molecule has 0 aliphatic carbocycles. The smallest absolute Gasteiger partial charge is 0.262 e. The van der Waals surface area contributed by atoms with Gasteiger partial charge in [-0.1, -0.05) is 0 Å². The molecule has 1 aliphatic rings. The van der Waals surface area contributed by atoms with Crippen molar-refractivity contribution in [3.63, 3.8) is 0 Å². The van der Waals surface area contributed by atoms with Gasteiger partial charge in [0.05, 0.1) is 25.3 Å². The van der Waals surface area contributed by atoms with E-state index in [4.69, 9.17) is 19.5 Å². The zero-order valence-corrected chi connectivity index (χ0v) is 14.2. The highest BCUT2D eigenvalue weighted by Gasteiger charge is 2.16. The molecule has 1 aromatic heterocycles. The number of hydrogen-bond donors (Lipinski definition) is 1. The van der Waals surface area contributed by atoms with Crippen molar-refractivity contribution in [3.05, 3.63) is 42.1 Å². The molecule has 0 saturated carbocycles. The summed E-state index contributed by atoms with van der Waals surface area (Å²) in [5.41, 5.74) is 0.506. The Bertz CT molecular complexity index is 752. The van der Waals surface area contributed by atoms with E-state index in [1.807, 2.05) is 12.1 Å². The third-order valence-corrected chi connectivity index (χ3v) is 4.11. The van der Waals surface area contributed by atoms with Crippen molar-refractivity contribution in [2.24, 2.45) is 5.92 Å². The predicted octanol–water partition coefficient (Wildman–Crippen LogP) is 3.13. The van der Waals surface area contributed by atoms with Gasteiger partial charge in [-0.3, -0.25) is 0 Å². The van der Waals surface area contributed by atoms with Crippen molar-refractivity contribution in [1.29, 1.82) is 5.26 Å². The van der Waals surface area contributed by atoms with E-state index in [0.29, 0.717) is 41.2 Å². The molecule has 25 heavy (non-hydrogen) atoms. The average Bonchev–Trinajstić information content (AvgIpc) is 2.68.